The number of hydrogen-bond donors (Lipinski definition) is 2. The van der Waals surface area contributed by atoms with Crippen LogP contribution in [-0.4, -0.2) is 13.4 Å². The molecule has 0 unspecified atom stereocenters. The molecule has 0 spiro atoms. The lowest BCUT2D eigenvalue weighted by molar-refractivity contribution is 0.581. The van der Waals surface area contributed by atoms with Crippen molar-refractivity contribution in [3.05, 3.63) is 38.8 Å². The summed E-state index contributed by atoms with van der Waals surface area (Å²) in [5.74, 6) is 0. The summed E-state index contributed by atoms with van der Waals surface area (Å²) in [4.78, 5) is 5.32. The van der Waals surface area contributed by atoms with Crippen LogP contribution in [0.25, 0.3) is 0 Å². The Morgan fingerprint density at radius 1 is 1.47 bits per heavy atom. The molecule has 2 rings (SSSR count). The molecule has 3 N–H and O–H groups in total. The molecule has 1 aromatic carbocycles. The van der Waals surface area contributed by atoms with Crippen molar-refractivity contribution in [3.8, 4) is 0 Å². The van der Waals surface area contributed by atoms with E-state index in [4.69, 9.17) is 5.73 Å². The number of anilines is 1. The first-order chi connectivity index (χ1) is 8.88. The van der Waals surface area contributed by atoms with Crippen LogP contribution in [0.15, 0.2) is 33.8 Å². The second-order valence-corrected chi connectivity index (χ2v) is 7.81. The van der Waals surface area contributed by atoms with Gasteiger partial charge < -0.3 is 5.73 Å². The summed E-state index contributed by atoms with van der Waals surface area (Å²) < 4.78 is 27.2. The number of nitrogen functional groups attached to an aromatic ring is 1. The molecular weight excluding hydrogens is 350 g/mol. The molecule has 2 aromatic rings. The molecule has 0 radical (unpaired) electrons. The predicted octanol–water partition coefficient (Wildman–Crippen LogP) is 2.27. The van der Waals surface area contributed by atoms with Crippen molar-refractivity contribution < 1.29 is 8.42 Å². The van der Waals surface area contributed by atoms with Gasteiger partial charge in [-0.2, -0.15) is 0 Å². The number of sulfonamides is 1. The summed E-state index contributed by atoms with van der Waals surface area (Å²) in [6.07, 6.45) is 1.72. The van der Waals surface area contributed by atoms with Gasteiger partial charge in [-0.3, -0.25) is 0 Å². The zero-order valence-corrected chi connectivity index (χ0v) is 13.3. The van der Waals surface area contributed by atoms with Crippen molar-refractivity contribution in [2.24, 2.45) is 0 Å². The molecule has 0 atom stereocenters. The minimum atomic E-state index is -3.56. The minimum Gasteiger partial charge on any atom is -0.398 e. The van der Waals surface area contributed by atoms with E-state index in [0.717, 1.165) is 9.88 Å². The molecule has 19 heavy (non-hydrogen) atoms. The van der Waals surface area contributed by atoms with E-state index >= 15 is 0 Å². The Morgan fingerprint density at radius 2 is 2.21 bits per heavy atom. The second-order valence-electron chi connectivity index (χ2n) is 3.87. The molecule has 1 aromatic heterocycles. The molecule has 0 saturated heterocycles. The van der Waals surface area contributed by atoms with Gasteiger partial charge in [0.15, 0.2) is 0 Å². The highest BCUT2D eigenvalue weighted by molar-refractivity contribution is 9.10. The monoisotopic (exact) mass is 361 g/mol. The largest absolute Gasteiger partial charge is 0.398 e. The molecule has 5 nitrogen and oxygen atoms in total. The quantitative estimate of drug-likeness (QED) is 0.818. The normalized spacial score (nSPS) is 11.7. The maximum Gasteiger partial charge on any atom is 0.240 e. The molecule has 0 bridgehead atoms. The lowest BCUT2D eigenvalue weighted by atomic mass is 10.3. The topological polar surface area (TPSA) is 85.1 Å². The van der Waals surface area contributed by atoms with Crippen LogP contribution in [0.2, 0.25) is 0 Å². The van der Waals surface area contributed by atoms with Crippen molar-refractivity contribution in [2.45, 2.75) is 18.4 Å². The molecule has 1 heterocycles. The zero-order chi connectivity index (χ0) is 14.0. The van der Waals surface area contributed by atoms with Crippen molar-refractivity contribution in [3.63, 3.8) is 0 Å². The van der Waals surface area contributed by atoms with Crippen LogP contribution in [0.5, 0.6) is 0 Å². The van der Waals surface area contributed by atoms with E-state index in [1.807, 2.05) is 6.92 Å². The number of aromatic nitrogens is 1. The van der Waals surface area contributed by atoms with Gasteiger partial charge in [0.1, 0.15) is 5.01 Å². The molecule has 0 fully saturated rings. The fourth-order valence-corrected chi connectivity index (χ4v) is 3.76. The summed E-state index contributed by atoms with van der Waals surface area (Å²) in [6, 6.07) is 4.49. The minimum absolute atomic E-state index is 0.168. The van der Waals surface area contributed by atoms with Gasteiger partial charge in [0.05, 0.1) is 11.4 Å². The number of nitrogens with zero attached hydrogens (tertiary/aromatic N) is 1. The molecule has 8 heteroatoms. The number of halogens is 1. The van der Waals surface area contributed by atoms with Gasteiger partial charge in [0.25, 0.3) is 0 Å². The van der Waals surface area contributed by atoms with E-state index in [0.29, 0.717) is 10.2 Å². The van der Waals surface area contributed by atoms with E-state index < -0.39 is 10.0 Å². The van der Waals surface area contributed by atoms with E-state index in [2.05, 4.69) is 25.6 Å². The maximum absolute atomic E-state index is 12.1. The number of benzene rings is 1. The lowest BCUT2D eigenvalue weighted by Gasteiger charge is -2.06. The van der Waals surface area contributed by atoms with Crippen LogP contribution in [0, 0.1) is 6.92 Å². The van der Waals surface area contributed by atoms with Gasteiger partial charge in [0.2, 0.25) is 10.0 Å². The number of hydrogen-bond acceptors (Lipinski definition) is 5. The van der Waals surface area contributed by atoms with Gasteiger partial charge in [-0.1, -0.05) is 0 Å². The maximum atomic E-state index is 12.1. The Kier molecular flexibility index (Phi) is 4.24. The standard InChI is InChI=1S/C11H12BrN3O2S2/c1-7-5-14-11(18-7)6-15-19(16,17)8-2-3-10(13)9(12)4-8/h2-5,15H,6,13H2,1H3. The van der Waals surface area contributed by atoms with E-state index in [-0.39, 0.29) is 11.4 Å². The van der Waals surface area contributed by atoms with Gasteiger partial charge in [0, 0.05) is 21.2 Å². The second kappa shape index (κ2) is 5.58. The molecular formula is C11H12BrN3O2S2. The van der Waals surface area contributed by atoms with Crippen LogP contribution < -0.4 is 10.5 Å². The van der Waals surface area contributed by atoms with Gasteiger partial charge in [-0.15, -0.1) is 11.3 Å². The predicted molar refractivity (Wildman–Crippen MR) is 79.4 cm³/mol. The van der Waals surface area contributed by atoms with Crippen molar-refractivity contribution in [2.75, 3.05) is 5.73 Å². The number of nitrogens with one attached hydrogen (secondary N) is 1. The van der Waals surface area contributed by atoms with Gasteiger partial charge >= 0.3 is 0 Å². The zero-order valence-electron chi connectivity index (χ0n) is 10.1. The Balaban J connectivity index is 2.16. The summed E-state index contributed by atoms with van der Waals surface area (Å²) in [5.41, 5.74) is 6.12. The van der Waals surface area contributed by atoms with Gasteiger partial charge in [-0.05, 0) is 41.1 Å². The van der Waals surface area contributed by atoms with Crippen molar-refractivity contribution >= 4 is 43.0 Å². The summed E-state index contributed by atoms with van der Waals surface area (Å²) in [7, 11) is -3.56. The van der Waals surface area contributed by atoms with Gasteiger partial charge in [-0.25, -0.2) is 18.1 Å². The average molecular weight is 362 g/mol. The van der Waals surface area contributed by atoms with E-state index in [9.17, 15) is 8.42 Å². The first-order valence-corrected chi connectivity index (χ1v) is 8.44. The Bertz CT molecular complexity index is 698. The van der Waals surface area contributed by atoms with Crippen molar-refractivity contribution in [1.82, 2.24) is 9.71 Å². The molecule has 102 valence electrons. The third kappa shape index (κ3) is 3.53. The number of aryl methyl sites for hydroxylation is 1. The molecule has 0 aliphatic carbocycles. The molecule has 0 aliphatic heterocycles. The highest BCUT2D eigenvalue weighted by Gasteiger charge is 2.15. The number of rotatable bonds is 4. The fourth-order valence-electron chi connectivity index (χ4n) is 1.40. The van der Waals surface area contributed by atoms with Crippen LogP contribution in [0.1, 0.15) is 9.88 Å². The first-order valence-electron chi connectivity index (χ1n) is 5.34. The first kappa shape index (κ1) is 14.4. The molecule has 0 aliphatic rings. The Hall–Kier alpha value is -0.960. The van der Waals surface area contributed by atoms with Crippen LogP contribution in [-0.2, 0) is 16.6 Å². The Morgan fingerprint density at radius 3 is 2.79 bits per heavy atom. The Labute approximate surface area is 124 Å². The highest BCUT2D eigenvalue weighted by Crippen LogP contribution is 2.23. The summed E-state index contributed by atoms with van der Waals surface area (Å²) in [5, 5.41) is 0.732. The summed E-state index contributed by atoms with van der Waals surface area (Å²) in [6.45, 7) is 2.11. The van der Waals surface area contributed by atoms with Crippen LogP contribution in [0.4, 0.5) is 5.69 Å². The number of thiazole rings is 1. The molecule has 0 saturated carbocycles. The average Bonchev–Trinajstić information content (AvgIpc) is 2.76. The smallest absolute Gasteiger partial charge is 0.240 e. The SMILES string of the molecule is Cc1cnc(CNS(=O)(=O)c2ccc(N)c(Br)c2)s1. The molecule has 0 amide bonds. The summed E-state index contributed by atoms with van der Waals surface area (Å²) >= 11 is 4.67. The lowest BCUT2D eigenvalue weighted by Crippen LogP contribution is -2.23. The third-order valence-corrected chi connectivity index (χ3v) is 5.36. The van der Waals surface area contributed by atoms with Crippen LogP contribution >= 0.6 is 27.3 Å². The van der Waals surface area contributed by atoms with E-state index in [1.165, 1.54) is 23.5 Å². The third-order valence-electron chi connectivity index (χ3n) is 2.36. The fraction of sp³-hybridized carbons (Fsp3) is 0.182. The van der Waals surface area contributed by atoms with E-state index in [1.54, 1.807) is 12.3 Å². The highest BCUT2D eigenvalue weighted by atomic mass is 79.9. The number of nitrogens with two attached hydrogens (primary N) is 1. The van der Waals surface area contributed by atoms with Crippen molar-refractivity contribution in [1.29, 1.82) is 0 Å². The van der Waals surface area contributed by atoms with Crippen LogP contribution in [0.3, 0.4) is 0 Å².